The van der Waals surface area contributed by atoms with Crippen LogP contribution in [-0.2, 0) is 7.05 Å². The van der Waals surface area contributed by atoms with Crippen LogP contribution in [-0.4, -0.2) is 16.3 Å². The van der Waals surface area contributed by atoms with Crippen LogP contribution < -0.4 is 0 Å². The number of hydrogen-bond donors (Lipinski definition) is 0. The van der Waals surface area contributed by atoms with Gasteiger partial charge in [-0.15, -0.1) is 0 Å². The van der Waals surface area contributed by atoms with Gasteiger partial charge in [0.2, 0.25) is 0 Å². The summed E-state index contributed by atoms with van der Waals surface area (Å²) in [4.78, 5) is 2.69. The Morgan fingerprint density at radius 2 is 2.27 bits per heavy atom. The van der Waals surface area contributed by atoms with Crippen molar-refractivity contribution in [2.45, 2.75) is 20.3 Å². The molecule has 1 aromatic heterocycles. The summed E-state index contributed by atoms with van der Waals surface area (Å²) in [6.07, 6.45) is 4.80. The van der Waals surface area contributed by atoms with Crippen molar-refractivity contribution >= 4 is 6.08 Å². The lowest BCUT2D eigenvalue weighted by atomic mass is 10.2. The van der Waals surface area contributed by atoms with E-state index in [0.29, 0.717) is 6.54 Å². The fourth-order valence-electron chi connectivity index (χ4n) is 1.41. The maximum Gasteiger partial charge on any atom is 0.0668 e. The van der Waals surface area contributed by atoms with Crippen LogP contribution in [0.25, 0.3) is 16.5 Å². The zero-order valence-electron chi connectivity index (χ0n) is 9.30. The number of nitrogens with zero attached hydrogens (tertiary/aromatic N) is 5. The molecule has 0 aliphatic heterocycles. The second kappa shape index (κ2) is 5.22. The van der Waals surface area contributed by atoms with Crippen molar-refractivity contribution in [3.8, 4) is 0 Å². The molecular formula is C10H15N5. The van der Waals surface area contributed by atoms with Crippen molar-refractivity contribution in [1.29, 1.82) is 0 Å². The van der Waals surface area contributed by atoms with E-state index in [-0.39, 0.29) is 0 Å². The van der Waals surface area contributed by atoms with Gasteiger partial charge in [-0.2, -0.15) is 5.10 Å². The molecule has 1 heterocycles. The van der Waals surface area contributed by atoms with Gasteiger partial charge in [-0.05, 0) is 25.8 Å². The Morgan fingerprint density at radius 1 is 1.53 bits per heavy atom. The van der Waals surface area contributed by atoms with Crippen LogP contribution in [0.5, 0.6) is 0 Å². The molecule has 1 rings (SSSR count). The molecule has 5 heteroatoms. The van der Waals surface area contributed by atoms with Crippen LogP contribution in [0.3, 0.4) is 0 Å². The van der Waals surface area contributed by atoms with Gasteiger partial charge in [-0.25, -0.2) is 0 Å². The summed E-state index contributed by atoms with van der Waals surface area (Å²) in [6, 6.07) is 0. The predicted octanol–water partition coefficient (Wildman–Crippen LogP) is 2.75. The normalized spacial score (nSPS) is 10.6. The Bertz CT molecular complexity index is 410. The smallest absolute Gasteiger partial charge is 0.0668 e. The first-order valence-corrected chi connectivity index (χ1v) is 4.84. The highest BCUT2D eigenvalue weighted by Crippen LogP contribution is 2.13. The predicted molar refractivity (Wildman–Crippen MR) is 60.3 cm³/mol. The minimum atomic E-state index is 0.505. The van der Waals surface area contributed by atoms with E-state index in [0.717, 1.165) is 23.4 Å². The Morgan fingerprint density at radius 3 is 2.80 bits per heavy atom. The van der Waals surface area contributed by atoms with Crippen molar-refractivity contribution in [2.75, 3.05) is 6.54 Å². The van der Waals surface area contributed by atoms with Crippen LogP contribution in [0.1, 0.15) is 23.4 Å². The average molecular weight is 205 g/mol. The highest BCUT2D eigenvalue weighted by molar-refractivity contribution is 5.54. The highest BCUT2D eigenvalue weighted by Gasteiger charge is 2.04. The van der Waals surface area contributed by atoms with E-state index in [4.69, 9.17) is 5.53 Å². The third-order valence-electron chi connectivity index (χ3n) is 2.31. The topological polar surface area (TPSA) is 66.6 Å². The van der Waals surface area contributed by atoms with Gasteiger partial charge in [0.15, 0.2) is 0 Å². The molecular weight excluding hydrogens is 190 g/mol. The summed E-state index contributed by atoms with van der Waals surface area (Å²) >= 11 is 0. The molecule has 5 nitrogen and oxygen atoms in total. The van der Waals surface area contributed by atoms with Crippen molar-refractivity contribution in [3.63, 3.8) is 0 Å². The molecule has 0 saturated heterocycles. The minimum absolute atomic E-state index is 0.505. The first-order chi connectivity index (χ1) is 7.16. The summed E-state index contributed by atoms with van der Waals surface area (Å²) in [5, 5.41) is 7.77. The third kappa shape index (κ3) is 2.86. The van der Waals surface area contributed by atoms with Crippen LogP contribution >= 0.6 is 0 Å². The molecule has 0 aliphatic carbocycles. The molecule has 0 aromatic carbocycles. The molecule has 15 heavy (non-hydrogen) atoms. The van der Waals surface area contributed by atoms with E-state index in [1.165, 1.54) is 0 Å². The first-order valence-electron chi connectivity index (χ1n) is 4.84. The maximum absolute atomic E-state index is 8.10. The second-order valence-corrected chi connectivity index (χ2v) is 3.35. The molecule has 80 valence electrons. The number of azide groups is 1. The quantitative estimate of drug-likeness (QED) is 0.322. The van der Waals surface area contributed by atoms with E-state index in [1.54, 1.807) is 0 Å². The van der Waals surface area contributed by atoms with Crippen molar-refractivity contribution < 1.29 is 0 Å². The number of rotatable bonds is 4. The average Bonchev–Trinajstić information content (AvgIpc) is 2.44. The number of aryl methyl sites for hydroxylation is 2. The van der Waals surface area contributed by atoms with E-state index in [2.05, 4.69) is 15.1 Å². The van der Waals surface area contributed by atoms with Crippen LogP contribution in [0.2, 0.25) is 0 Å². The zero-order chi connectivity index (χ0) is 11.3. The van der Waals surface area contributed by atoms with Gasteiger partial charge in [0.25, 0.3) is 0 Å². The van der Waals surface area contributed by atoms with Gasteiger partial charge < -0.3 is 0 Å². The lowest BCUT2D eigenvalue weighted by Crippen LogP contribution is -1.92. The third-order valence-corrected chi connectivity index (χ3v) is 2.31. The largest absolute Gasteiger partial charge is 0.272 e. The van der Waals surface area contributed by atoms with E-state index in [1.807, 2.05) is 37.7 Å². The molecule has 0 unspecified atom stereocenters. The minimum Gasteiger partial charge on any atom is -0.272 e. The summed E-state index contributed by atoms with van der Waals surface area (Å²) in [5.74, 6) is 0. The summed E-state index contributed by atoms with van der Waals surface area (Å²) in [6.45, 7) is 4.53. The molecule has 0 N–H and O–H groups in total. The summed E-state index contributed by atoms with van der Waals surface area (Å²) in [5.41, 5.74) is 11.4. The van der Waals surface area contributed by atoms with Crippen molar-refractivity contribution in [2.24, 2.45) is 12.2 Å². The van der Waals surface area contributed by atoms with Gasteiger partial charge in [0, 0.05) is 29.8 Å². The van der Waals surface area contributed by atoms with Crippen molar-refractivity contribution in [3.05, 3.63) is 33.5 Å². The lowest BCUT2D eigenvalue weighted by molar-refractivity contribution is 0.731. The first kappa shape index (κ1) is 11.3. The fourth-order valence-corrected chi connectivity index (χ4v) is 1.41. The summed E-state index contributed by atoms with van der Waals surface area (Å²) in [7, 11) is 1.93. The van der Waals surface area contributed by atoms with Gasteiger partial charge in [0.1, 0.15) is 0 Å². The SMILES string of the molecule is Cc1nn(C)c(C)c1C=CCCN=[N+]=[N-]. The molecule has 0 amide bonds. The van der Waals surface area contributed by atoms with Gasteiger partial charge in [-0.1, -0.05) is 17.3 Å². The second-order valence-electron chi connectivity index (χ2n) is 3.35. The summed E-state index contributed by atoms with van der Waals surface area (Å²) < 4.78 is 1.86. The Labute approximate surface area is 89.0 Å². The Balaban J connectivity index is 2.67. The maximum atomic E-state index is 8.10. The van der Waals surface area contributed by atoms with E-state index >= 15 is 0 Å². The van der Waals surface area contributed by atoms with Gasteiger partial charge in [-0.3, -0.25) is 4.68 Å². The molecule has 0 radical (unpaired) electrons. The van der Waals surface area contributed by atoms with Crippen LogP contribution in [0.15, 0.2) is 11.2 Å². The molecule has 0 bridgehead atoms. The van der Waals surface area contributed by atoms with Gasteiger partial charge in [0.05, 0.1) is 5.69 Å². The lowest BCUT2D eigenvalue weighted by Gasteiger charge is -1.94. The molecule has 0 atom stereocenters. The molecule has 0 fully saturated rings. The Kier molecular flexibility index (Phi) is 3.94. The Hall–Kier alpha value is -1.74. The van der Waals surface area contributed by atoms with Crippen LogP contribution in [0, 0.1) is 13.8 Å². The molecule has 0 aliphatic rings. The molecule has 1 aromatic rings. The highest BCUT2D eigenvalue weighted by atomic mass is 15.3. The zero-order valence-corrected chi connectivity index (χ0v) is 9.30. The van der Waals surface area contributed by atoms with E-state index < -0.39 is 0 Å². The fraction of sp³-hybridized carbons (Fsp3) is 0.500. The molecule has 0 spiro atoms. The van der Waals surface area contributed by atoms with Crippen molar-refractivity contribution in [1.82, 2.24) is 9.78 Å². The number of hydrogen-bond acceptors (Lipinski definition) is 2. The van der Waals surface area contributed by atoms with Gasteiger partial charge >= 0.3 is 0 Å². The molecule has 0 saturated carbocycles. The standard InChI is InChI=1S/C10H15N5/c1-8-10(9(2)15(3)13-8)6-4-5-7-12-14-11/h4,6H,5,7H2,1-3H3. The monoisotopic (exact) mass is 205 g/mol. The van der Waals surface area contributed by atoms with Crippen LogP contribution in [0.4, 0.5) is 0 Å². The number of aromatic nitrogens is 2. The van der Waals surface area contributed by atoms with E-state index in [9.17, 15) is 0 Å².